The molecule has 0 radical (unpaired) electrons. The van der Waals surface area contributed by atoms with Gasteiger partial charge in [-0.05, 0) is 48.4 Å². The lowest BCUT2D eigenvalue weighted by Gasteiger charge is -2.10. The van der Waals surface area contributed by atoms with Crippen molar-refractivity contribution in [3.05, 3.63) is 75.4 Å². The quantitative estimate of drug-likeness (QED) is 0.238. The Morgan fingerprint density at radius 3 is 2.52 bits per heavy atom. The molecule has 0 aliphatic carbocycles. The van der Waals surface area contributed by atoms with Gasteiger partial charge in [-0.15, -0.1) is 0 Å². The SMILES string of the molecule is COc1ccc(-c2c(C)c3cc(OC(=O)CCc4cc(Cl)no4)ccc3oc2=O)cc1. The van der Waals surface area contributed by atoms with Crippen molar-refractivity contribution in [2.75, 3.05) is 7.11 Å². The summed E-state index contributed by atoms with van der Waals surface area (Å²) in [5.74, 6) is 1.11. The predicted molar refractivity (Wildman–Crippen MR) is 115 cm³/mol. The van der Waals surface area contributed by atoms with Crippen molar-refractivity contribution < 1.29 is 23.2 Å². The van der Waals surface area contributed by atoms with Crippen molar-refractivity contribution in [2.45, 2.75) is 19.8 Å². The first-order chi connectivity index (χ1) is 14.9. The minimum absolute atomic E-state index is 0.101. The third-order valence-electron chi connectivity index (χ3n) is 4.85. The van der Waals surface area contributed by atoms with Gasteiger partial charge < -0.3 is 18.4 Å². The number of esters is 1. The monoisotopic (exact) mass is 439 g/mol. The minimum Gasteiger partial charge on any atom is -0.497 e. The smallest absolute Gasteiger partial charge is 0.344 e. The van der Waals surface area contributed by atoms with Crippen LogP contribution in [0.25, 0.3) is 22.1 Å². The van der Waals surface area contributed by atoms with E-state index in [4.69, 9.17) is 30.0 Å². The van der Waals surface area contributed by atoms with Crippen molar-refractivity contribution >= 4 is 28.5 Å². The van der Waals surface area contributed by atoms with E-state index < -0.39 is 11.6 Å². The number of methoxy groups -OCH3 is 1. The van der Waals surface area contributed by atoms with Crippen LogP contribution in [0.2, 0.25) is 5.15 Å². The van der Waals surface area contributed by atoms with Crippen molar-refractivity contribution in [1.29, 1.82) is 0 Å². The highest BCUT2D eigenvalue weighted by atomic mass is 35.5. The van der Waals surface area contributed by atoms with E-state index in [9.17, 15) is 9.59 Å². The number of carbonyl (C=O) groups excluding carboxylic acids is 1. The first-order valence-corrected chi connectivity index (χ1v) is 9.86. The van der Waals surface area contributed by atoms with Gasteiger partial charge in [-0.2, -0.15) is 0 Å². The Labute approximate surface area is 182 Å². The van der Waals surface area contributed by atoms with E-state index in [2.05, 4.69) is 5.16 Å². The average Bonchev–Trinajstić information content (AvgIpc) is 3.18. The minimum atomic E-state index is -0.439. The topological polar surface area (TPSA) is 91.8 Å². The summed E-state index contributed by atoms with van der Waals surface area (Å²) in [6.07, 6.45) is 0.422. The molecule has 0 N–H and O–H groups in total. The Bertz CT molecular complexity index is 1310. The Balaban J connectivity index is 1.60. The largest absolute Gasteiger partial charge is 0.497 e. The highest BCUT2D eigenvalue weighted by Gasteiger charge is 2.15. The van der Waals surface area contributed by atoms with Crippen molar-refractivity contribution in [3.63, 3.8) is 0 Å². The van der Waals surface area contributed by atoms with Crippen LogP contribution in [-0.4, -0.2) is 18.2 Å². The molecule has 2 aromatic heterocycles. The van der Waals surface area contributed by atoms with E-state index in [0.717, 1.165) is 5.56 Å². The molecule has 31 heavy (non-hydrogen) atoms. The number of hydrogen-bond acceptors (Lipinski definition) is 7. The molecule has 0 saturated carbocycles. The second-order valence-electron chi connectivity index (χ2n) is 6.87. The number of carbonyl (C=O) groups is 1. The molecule has 2 aromatic carbocycles. The summed E-state index contributed by atoms with van der Waals surface area (Å²) in [5, 5.41) is 4.48. The first kappa shape index (κ1) is 20.7. The van der Waals surface area contributed by atoms with Gasteiger partial charge in [0.25, 0.3) is 0 Å². The molecule has 0 atom stereocenters. The van der Waals surface area contributed by atoms with Gasteiger partial charge in [-0.3, -0.25) is 4.79 Å². The molecule has 8 heteroatoms. The maximum Gasteiger partial charge on any atom is 0.344 e. The summed E-state index contributed by atoms with van der Waals surface area (Å²) >= 11 is 5.70. The van der Waals surface area contributed by atoms with E-state index >= 15 is 0 Å². The number of benzene rings is 2. The summed E-state index contributed by atoms with van der Waals surface area (Å²) < 4.78 is 21.1. The van der Waals surface area contributed by atoms with Gasteiger partial charge >= 0.3 is 11.6 Å². The van der Waals surface area contributed by atoms with Gasteiger partial charge in [0.2, 0.25) is 0 Å². The van der Waals surface area contributed by atoms with Crippen LogP contribution in [0.15, 0.2) is 62.3 Å². The number of hydrogen-bond donors (Lipinski definition) is 0. The highest BCUT2D eigenvalue weighted by molar-refractivity contribution is 6.29. The normalized spacial score (nSPS) is 10.9. The number of ether oxygens (including phenoxy) is 2. The standard InChI is InChI=1S/C23H18ClNO6/c1-13-18-11-16(29-21(26)10-8-17-12-20(24)25-31-17)7-9-19(18)30-23(27)22(13)14-3-5-15(28-2)6-4-14/h3-7,9,11-12H,8,10H2,1-2H3. The lowest BCUT2D eigenvalue weighted by atomic mass is 9.99. The number of rotatable bonds is 6. The number of aryl methyl sites for hydroxylation is 2. The van der Waals surface area contributed by atoms with Crippen LogP contribution < -0.4 is 15.1 Å². The van der Waals surface area contributed by atoms with Crippen molar-refractivity contribution in [2.24, 2.45) is 0 Å². The number of aromatic nitrogens is 1. The second kappa shape index (κ2) is 8.65. The fourth-order valence-electron chi connectivity index (χ4n) is 3.30. The van der Waals surface area contributed by atoms with Gasteiger partial charge in [0.05, 0.1) is 19.1 Å². The van der Waals surface area contributed by atoms with E-state index in [-0.39, 0.29) is 11.6 Å². The van der Waals surface area contributed by atoms with E-state index in [1.165, 1.54) is 0 Å². The fourth-order valence-corrected chi connectivity index (χ4v) is 3.45. The van der Waals surface area contributed by atoms with Crippen molar-refractivity contribution in [3.8, 4) is 22.6 Å². The van der Waals surface area contributed by atoms with Gasteiger partial charge in [-0.1, -0.05) is 28.9 Å². The van der Waals surface area contributed by atoms with Crippen LogP contribution in [-0.2, 0) is 11.2 Å². The summed E-state index contributed by atoms with van der Waals surface area (Å²) in [6.45, 7) is 1.83. The van der Waals surface area contributed by atoms with Crippen LogP contribution in [0.4, 0.5) is 0 Å². The zero-order chi connectivity index (χ0) is 22.0. The number of halogens is 1. The zero-order valence-corrected chi connectivity index (χ0v) is 17.6. The molecule has 0 amide bonds. The van der Waals surface area contributed by atoms with Gasteiger partial charge in [0, 0.05) is 17.9 Å². The third-order valence-corrected chi connectivity index (χ3v) is 5.03. The lowest BCUT2D eigenvalue weighted by molar-refractivity contribution is -0.134. The van der Waals surface area contributed by atoms with Crippen LogP contribution in [0.5, 0.6) is 11.5 Å². The summed E-state index contributed by atoms with van der Waals surface area (Å²) in [4.78, 5) is 24.8. The highest BCUT2D eigenvalue weighted by Crippen LogP contribution is 2.30. The second-order valence-corrected chi connectivity index (χ2v) is 7.25. The molecule has 2 heterocycles. The molecule has 0 saturated heterocycles. The molecular weight excluding hydrogens is 422 g/mol. The Morgan fingerprint density at radius 2 is 1.84 bits per heavy atom. The molecule has 0 spiro atoms. The van der Waals surface area contributed by atoms with E-state index in [1.54, 1.807) is 55.6 Å². The zero-order valence-electron chi connectivity index (χ0n) is 16.8. The predicted octanol–water partition coefficient (Wildman–Crippen LogP) is 4.96. The van der Waals surface area contributed by atoms with Gasteiger partial charge in [0.1, 0.15) is 22.8 Å². The molecule has 0 fully saturated rings. The fraction of sp³-hybridized carbons (Fsp3) is 0.174. The maximum absolute atomic E-state index is 12.6. The summed E-state index contributed by atoms with van der Waals surface area (Å²) in [6, 6.07) is 13.6. The number of nitrogens with zero attached hydrogens (tertiary/aromatic N) is 1. The Morgan fingerprint density at radius 1 is 1.10 bits per heavy atom. The maximum atomic E-state index is 12.6. The Hall–Kier alpha value is -3.58. The molecule has 4 rings (SSSR count). The van der Waals surface area contributed by atoms with Crippen molar-refractivity contribution in [1.82, 2.24) is 5.16 Å². The molecule has 0 aliphatic heterocycles. The average molecular weight is 440 g/mol. The van der Waals surface area contributed by atoms with Gasteiger partial charge in [0.15, 0.2) is 5.15 Å². The van der Waals surface area contributed by atoms with Crippen LogP contribution in [0.1, 0.15) is 17.7 Å². The Kier molecular flexibility index (Phi) is 5.77. The molecule has 158 valence electrons. The lowest BCUT2D eigenvalue weighted by Crippen LogP contribution is -2.09. The van der Waals surface area contributed by atoms with Gasteiger partial charge in [-0.25, -0.2) is 4.79 Å². The molecule has 7 nitrogen and oxygen atoms in total. The molecule has 0 bridgehead atoms. The molecular formula is C23H18ClNO6. The van der Waals surface area contributed by atoms with Crippen LogP contribution >= 0.6 is 11.6 Å². The molecule has 0 aliphatic rings. The van der Waals surface area contributed by atoms with E-state index in [1.807, 2.05) is 6.92 Å². The van der Waals surface area contributed by atoms with Crippen LogP contribution in [0, 0.1) is 6.92 Å². The molecule has 0 unspecified atom stereocenters. The number of fused-ring (bicyclic) bond motifs is 1. The third kappa shape index (κ3) is 4.46. The molecule has 4 aromatic rings. The van der Waals surface area contributed by atoms with Crippen LogP contribution in [0.3, 0.4) is 0 Å². The van der Waals surface area contributed by atoms with E-state index in [0.29, 0.717) is 45.8 Å². The summed E-state index contributed by atoms with van der Waals surface area (Å²) in [7, 11) is 1.58. The first-order valence-electron chi connectivity index (χ1n) is 9.48. The summed E-state index contributed by atoms with van der Waals surface area (Å²) in [5.41, 5.74) is 1.86.